The van der Waals surface area contributed by atoms with Crippen molar-refractivity contribution in [3.63, 3.8) is 0 Å². The van der Waals surface area contributed by atoms with Crippen molar-refractivity contribution in [3.05, 3.63) is 29.0 Å². The number of aromatic nitrogens is 3. The van der Waals surface area contributed by atoms with Gasteiger partial charge in [-0.05, 0) is 18.2 Å². The molecule has 1 aromatic carbocycles. The number of nitrogens with two attached hydrogens (primary N) is 1. The van der Waals surface area contributed by atoms with Gasteiger partial charge in [-0.25, -0.2) is 4.39 Å². The number of anilines is 1. The lowest BCUT2D eigenvalue weighted by Crippen LogP contribution is -2.02. The third-order valence-corrected chi connectivity index (χ3v) is 2.15. The SMILES string of the molecule is COc1nc(N)nc(-c2cc(F)cc(Cl)c2)n1. The maximum absolute atomic E-state index is 13.2. The molecule has 0 bridgehead atoms. The summed E-state index contributed by atoms with van der Waals surface area (Å²) in [6, 6.07) is 4.03. The van der Waals surface area contributed by atoms with E-state index < -0.39 is 5.82 Å². The van der Waals surface area contributed by atoms with Gasteiger partial charge >= 0.3 is 6.01 Å². The normalized spacial score (nSPS) is 10.3. The third kappa shape index (κ3) is 2.59. The van der Waals surface area contributed by atoms with Crippen LogP contribution in [0.3, 0.4) is 0 Å². The van der Waals surface area contributed by atoms with Crippen LogP contribution in [0.25, 0.3) is 11.4 Å². The molecule has 0 saturated heterocycles. The van der Waals surface area contributed by atoms with Gasteiger partial charge in [0.05, 0.1) is 7.11 Å². The summed E-state index contributed by atoms with van der Waals surface area (Å²) in [6.07, 6.45) is 0. The zero-order valence-corrected chi connectivity index (χ0v) is 9.57. The molecule has 0 radical (unpaired) electrons. The minimum absolute atomic E-state index is 0.00719. The predicted octanol–water partition coefficient (Wildman–Crippen LogP) is 1.92. The molecule has 7 heteroatoms. The minimum atomic E-state index is -0.481. The molecule has 5 nitrogen and oxygen atoms in total. The monoisotopic (exact) mass is 254 g/mol. The summed E-state index contributed by atoms with van der Waals surface area (Å²) < 4.78 is 18.0. The van der Waals surface area contributed by atoms with E-state index >= 15 is 0 Å². The highest BCUT2D eigenvalue weighted by atomic mass is 35.5. The van der Waals surface area contributed by atoms with Crippen LogP contribution >= 0.6 is 11.6 Å². The van der Waals surface area contributed by atoms with Gasteiger partial charge in [-0.1, -0.05) is 11.6 Å². The highest BCUT2D eigenvalue weighted by Gasteiger charge is 2.09. The maximum Gasteiger partial charge on any atom is 0.321 e. The summed E-state index contributed by atoms with van der Waals surface area (Å²) in [6.45, 7) is 0. The molecule has 2 N–H and O–H groups in total. The lowest BCUT2D eigenvalue weighted by molar-refractivity contribution is 0.379. The lowest BCUT2D eigenvalue weighted by Gasteiger charge is -2.04. The Balaban J connectivity index is 2.55. The first kappa shape index (κ1) is 11.5. The average Bonchev–Trinajstić information content (AvgIpc) is 2.26. The molecule has 0 spiro atoms. The molecule has 0 saturated carbocycles. The summed E-state index contributed by atoms with van der Waals surface area (Å²) in [4.78, 5) is 11.6. The smallest absolute Gasteiger partial charge is 0.321 e. The van der Waals surface area contributed by atoms with Crippen LogP contribution in [-0.4, -0.2) is 22.1 Å². The van der Waals surface area contributed by atoms with E-state index in [4.69, 9.17) is 22.1 Å². The first-order valence-corrected chi connectivity index (χ1v) is 4.98. The highest BCUT2D eigenvalue weighted by Crippen LogP contribution is 2.22. The van der Waals surface area contributed by atoms with Crippen LogP contribution in [-0.2, 0) is 0 Å². The Morgan fingerprint density at radius 2 is 2.00 bits per heavy atom. The van der Waals surface area contributed by atoms with Gasteiger partial charge in [0.2, 0.25) is 5.95 Å². The summed E-state index contributed by atoms with van der Waals surface area (Å²) >= 11 is 5.74. The van der Waals surface area contributed by atoms with Crippen LogP contribution in [0.2, 0.25) is 5.02 Å². The summed E-state index contributed by atoms with van der Waals surface area (Å²) in [5.41, 5.74) is 5.88. The molecule has 0 aliphatic heterocycles. The van der Waals surface area contributed by atoms with E-state index in [0.29, 0.717) is 5.56 Å². The molecule has 17 heavy (non-hydrogen) atoms. The van der Waals surface area contributed by atoms with Crippen LogP contribution in [0.4, 0.5) is 10.3 Å². The first-order chi connectivity index (χ1) is 8.08. The van der Waals surface area contributed by atoms with Gasteiger partial charge < -0.3 is 10.5 Å². The van der Waals surface area contributed by atoms with Crippen molar-refractivity contribution in [2.75, 3.05) is 12.8 Å². The molecular weight excluding hydrogens is 247 g/mol. The molecule has 2 aromatic rings. The zero-order valence-electron chi connectivity index (χ0n) is 8.82. The number of rotatable bonds is 2. The Hall–Kier alpha value is -1.95. The predicted molar refractivity (Wildman–Crippen MR) is 61.2 cm³/mol. The molecule has 0 aliphatic rings. The largest absolute Gasteiger partial charge is 0.467 e. The van der Waals surface area contributed by atoms with Crippen LogP contribution in [0, 0.1) is 5.82 Å². The molecule has 2 rings (SSSR count). The van der Waals surface area contributed by atoms with Gasteiger partial charge in [0.15, 0.2) is 5.82 Å². The van der Waals surface area contributed by atoms with E-state index in [0.717, 1.165) is 0 Å². The number of nitrogens with zero attached hydrogens (tertiary/aromatic N) is 3. The fourth-order valence-electron chi connectivity index (χ4n) is 1.28. The zero-order chi connectivity index (χ0) is 12.4. The second kappa shape index (κ2) is 4.50. The fourth-order valence-corrected chi connectivity index (χ4v) is 1.50. The Morgan fingerprint density at radius 3 is 2.65 bits per heavy atom. The molecular formula is C10H8ClFN4O. The topological polar surface area (TPSA) is 73.9 Å². The number of hydrogen-bond acceptors (Lipinski definition) is 5. The summed E-state index contributed by atoms with van der Waals surface area (Å²) in [5.74, 6) is -0.284. The number of hydrogen-bond donors (Lipinski definition) is 1. The van der Waals surface area contributed by atoms with Crippen LogP contribution < -0.4 is 10.5 Å². The standard InChI is InChI=1S/C10H8ClFN4O/c1-17-10-15-8(14-9(13)16-10)5-2-6(11)4-7(12)3-5/h2-4H,1H3,(H2,13,14,15,16). The molecule has 0 unspecified atom stereocenters. The van der Waals surface area contributed by atoms with E-state index in [1.54, 1.807) is 0 Å². The van der Waals surface area contributed by atoms with Crippen molar-refractivity contribution in [1.82, 2.24) is 15.0 Å². The second-order valence-electron chi connectivity index (χ2n) is 3.16. The maximum atomic E-state index is 13.2. The van der Waals surface area contributed by atoms with Crippen molar-refractivity contribution >= 4 is 17.5 Å². The number of nitrogen functional groups attached to an aromatic ring is 1. The Kier molecular flexibility index (Phi) is 3.06. The Morgan fingerprint density at radius 1 is 1.24 bits per heavy atom. The van der Waals surface area contributed by atoms with Gasteiger partial charge in [0.1, 0.15) is 5.82 Å². The van der Waals surface area contributed by atoms with Crippen LogP contribution in [0.1, 0.15) is 0 Å². The molecule has 0 aliphatic carbocycles. The van der Waals surface area contributed by atoms with Gasteiger partial charge in [-0.2, -0.15) is 15.0 Å². The van der Waals surface area contributed by atoms with E-state index in [1.807, 2.05) is 0 Å². The van der Waals surface area contributed by atoms with Gasteiger partial charge in [-0.3, -0.25) is 0 Å². The molecule has 88 valence electrons. The van der Waals surface area contributed by atoms with Gasteiger partial charge in [0, 0.05) is 10.6 Å². The lowest BCUT2D eigenvalue weighted by atomic mass is 10.2. The van der Waals surface area contributed by atoms with Crippen molar-refractivity contribution in [1.29, 1.82) is 0 Å². The molecule has 0 fully saturated rings. The summed E-state index contributed by atoms with van der Waals surface area (Å²) in [7, 11) is 1.40. The number of benzene rings is 1. The number of methoxy groups -OCH3 is 1. The second-order valence-corrected chi connectivity index (χ2v) is 3.60. The molecule has 0 amide bonds. The quantitative estimate of drug-likeness (QED) is 0.886. The minimum Gasteiger partial charge on any atom is -0.467 e. The van der Waals surface area contributed by atoms with E-state index in [-0.39, 0.29) is 22.8 Å². The van der Waals surface area contributed by atoms with Crippen molar-refractivity contribution in [2.24, 2.45) is 0 Å². The van der Waals surface area contributed by atoms with E-state index in [9.17, 15) is 4.39 Å². The third-order valence-electron chi connectivity index (χ3n) is 1.94. The van der Waals surface area contributed by atoms with Gasteiger partial charge in [-0.15, -0.1) is 0 Å². The van der Waals surface area contributed by atoms with Crippen LogP contribution in [0.5, 0.6) is 6.01 Å². The highest BCUT2D eigenvalue weighted by molar-refractivity contribution is 6.30. The Bertz CT molecular complexity index is 544. The first-order valence-electron chi connectivity index (χ1n) is 4.60. The van der Waals surface area contributed by atoms with Crippen molar-refractivity contribution in [3.8, 4) is 17.4 Å². The van der Waals surface area contributed by atoms with Crippen LogP contribution in [0.15, 0.2) is 18.2 Å². The van der Waals surface area contributed by atoms with E-state index in [1.165, 1.54) is 25.3 Å². The average molecular weight is 255 g/mol. The molecule has 0 atom stereocenters. The van der Waals surface area contributed by atoms with E-state index in [2.05, 4.69) is 15.0 Å². The number of halogens is 2. The Labute approximate surface area is 101 Å². The summed E-state index contributed by atoms with van der Waals surface area (Å²) in [5, 5.41) is 0.248. The van der Waals surface area contributed by atoms with Gasteiger partial charge in [0.25, 0.3) is 0 Å². The number of ether oxygens (including phenoxy) is 1. The molecule has 1 heterocycles. The fraction of sp³-hybridized carbons (Fsp3) is 0.100. The molecule has 1 aromatic heterocycles. The van der Waals surface area contributed by atoms with Crippen molar-refractivity contribution in [2.45, 2.75) is 0 Å². The van der Waals surface area contributed by atoms with Crippen molar-refractivity contribution < 1.29 is 9.13 Å².